The molecule has 1 aromatic carbocycles. The van der Waals surface area contributed by atoms with Crippen LogP contribution >= 0.6 is 11.8 Å². The van der Waals surface area contributed by atoms with Gasteiger partial charge in [0.25, 0.3) is 5.89 Å². The van der Waals surface area contributed by atoms with E-state index in [1.54, 1.807) is 36.2 Å². The van der Waals surface area contributed by atoms with Crippen molar-refractivity contribution >= 4 is 32.8 Å². The van der Waals surface area contributed by atoms with E-state index in [4.69, 9.17) is 13.8 Å². The second-order valence-electron chi connectivity index (χ2n) is 7.63. The van der Waals surface area contributed by atoms with Crippen molar-refractivity contribution in [2.24, 2.45) is 0 Å². The second-order valence-corrected chi connectivity index (χ2v) is 10.7. The molecule has 0 atom stereocenters. The van der Waals surface area contributed by atoms with Crippen LogP contribution in [0.1, 0.15) is 31.2 Å². The number of furan rings is 1. The lowest BCUT2D eigenvalue weighted by atomic mass is 10.3. The quantitative estimate of drug-likeness (QED) is 0.317. The molecule has 0 N–H and O–H groups in total. The first-order valence-electron chi connectivity index (χ1n) is 10.4. The lowest BCUT2D eigenvalue weighted by Crippen LogP contribution is -2.22. The molecule has 0 fully saturated rings. The van der Waals surface area contributed by atoms with Crippen molar-refractivity contribution in [3.8, 4) is 11.7 Å². The SMILES string of the molecule is CCCCn1c(SCc2nc(-c3ccco3)oc2C)nc2cc(S(=O)(=O)N(C)C)ccc21. The molecule has 3 heterocycles. The van der Waals surface area contributed by atoms with Gasteiger partial charge in [-0.25, -0.2) is 22.7 Å². The molecule has 10 heteroatoms. The molecule has 0 saturated heterocycles. The topological polar surface area (TPSA) is 94.4 Å². The Morgan fingerprint density at radius 2 is 2.00 bits per heavy atom. The molecule has 0 amide bonds. The standard InChI is InChI=1S/C22H26N4O4S2/c1-5-6-11-26-19-10-9-16(32(27,28)25(3)4)13-17(19)24-22(26)31-14-18-15(2)30-21(23-18)20-8-7-12-29-20/h7-10,12-13H,5-6,11,14H2,1-4H3. The summed E-state index contributed by atoms with van der Waals surface area (Å²) >= 11 is 1.56. The molecule has 4 rings (SSSR count). The third-order valence-corrected chi connectivity index (χ3v) is 7.96. The molecule has 170 valence electrons. The highest BCUT2D eigenvalue weighted by atomic mass is 32.2. The summed E-state index contributed by atoms with van der Waals surface area (Å²) < 4.78 is 39.6. The zero-order chi connectivity index (χ0) is 22.9. The van der Waals surface area contributed by atoms with Crippen LogP contribution < -0.4 is 0 Å². The third-order valence-electron chi connectivity index (χ3n) is 5.16. The fraction of sp³-hybridized carbons (Fsp3) is 0.364. The minimum atomic E-state index is -3.52. The van der Waals surface area contributed by atoms with Gasteiger partial charge in [-0.2, -0.15) is 0 Å². The number of oxazole rings is 1. The number of rotatable bonds is 9. The molecule has 3 aromatic heterocycles. The first-order chi connectivity index (χ1) is 15.3. The highest BCUT2D eigenvalue weighted by Gasteiger charge is 2.21. The number of aryl methyl sites for hydroxylation is 2. The summed E-state index contributed by atoms with van der Waals surface area (Å²) in [6, 6.07) is 8.74. The average molecular weight is 475 g/mol. The van der Waals surface area contributed by atoms with Crippen LogP contribution in [0.2, 0.25) is 0 Å². The van der Waals surface area contributed by atoms with Crippen molar-refractivity contribution in [2.75, 3.05) is 14.1 Å². The van der Waals surface area contributed by atoms with Crippen LogP contribution in [0.4, 0.5) is 0 Å². The first kappa shape index (κ1) is 22.6. The number of sulfonamides is 1. The summed E-state index contributed by atoms with van der Waals surface area (Å²) in [5.41, 5.74) is 2.41. The Bertz CT molecular complexity index is 1320. The first-order valence-corrected chi connectivity index (χ1v) is 12.8. The van der Waals surface area contributed by atoms with Crippen molar-refractivity contribution in [2.45, 2.75) is 49.0 Å². The summed E-state index contributed by atoms with van der Waals surface area (Å²) in [6.07, 6.45) is 3.64. The van der Waals surface area contributed by atoms with Crippen LogP contribution in [0.3, 0.4) is 0 Å². The number of unbranched alkanes of at least 4 members (excludes halogenated alkanes) is 1. The van der Waals surface area contributed by atoms with Gasteiger partial charge < -0.3 is 13.4 Å². The molecule has 4 aromatic rings. The number of hydrogen-bond acceptors (Lipinski definition) is 7. The van der Waals surface area contributed by atoms with Gasteiger partial charge in [-0.05, 0) is 43.7 Å². The molecule has 32 heavy (non-hydrogen) atoms. The van der Waals surface area contributed by atoms with E-state index in [0.717, 1.165) is 41.5 Å². The van der Waals surface area contributed by atoms with Crippen molar-refractivity contribution < 1.29 is 17.3 Å². The smallest absolute Gasteiger partial charge is 0.263 e. The molecule has 0 aliphatic rings. The Kier molecular flexibility index (Phi) is 6.45. The maximum atomic E-state index is 12.5. The third kappa shape index (κ3) is 4.35. The van der Waals surface area contributed by atoms with Gasteiger partial charge in [0.2, 0.25) is 10.0 Å². The molecular weight excluding hydrogens is 448 g/mol. The van der Waals surface area contributed by atoms with Gasteiger partial charge in [0.15, 0.2) is 10.9 Å². The van der Waals surface area contributed by atoms with Crippen LogP contribution in [0.25, 0.3) is 22.7 Å². The van der Waals surface area contributed by atoms with Crippen LogP contribution in [0.15, 0.2) is 55.5 Å². The van der Waals surface area contributed by atoms with Crippen molar-refractivity contribution in [1.82, 2.24) is 18.8 Å². The summed E-state index contributed by atoms with van der Waals surface area (Å²) in [7, 11) is -0.471. The zero-order valence-electron chi connectivity index (χ0n) is 18.5. The second kappa shape index (κ2) is 9.13. The van der Waals surface area contributed by atoms with E-state index >= 15 is 0 Å². The minimum Gasteiger partial charge on any atom is -0.459 e. The lowest BCUT2D eigenvalue weighted by Gasteiger charge is -2.11. The minimum absolute atomic E-state index is 0.238. The monoisotopic (exact) mass is 474 g/mol. The van der Waals surface area contributed by atoms with E-state index in [2.05, 4.69) is 16.5 Å². The number of aromatic nitrogens is 3. The Labute approximate surface area is 191 Å². The molecule has 0 bridgehead atoms. The van der Waals surface area contributed by atoms with Gasteiger partial charge in [0.05, 0.1) is 27.9 Å². The van der Waals surface area contributed by atoms with E-state index in [0.29, 0.717) is 22.9 Å². The lowest BCUT2D eigenvalue weighted by molar-refractivity contribution is 0.500. The van der Waals surface area contributed by atoms with Gasteiger partial charge in [-0.15, -0.1) is 0 Å². The molecule has 0 unspecified atom stereocenters. The van der Waals surface area contributed by atoms with Gasteiger partial charge in [0.1, 0.15) is 5.76 Å². The number of hydrogen-bond donors (Lipinski definition) is 0. The Morgan fingerprint density at radius 3 is 2.69 bits per heavy atom. The van der Waals surface area contributed by atoms with E-state index < -0.39 is 10.0 Å². The average Bonchev–Trinajstić information content (AvgIpc) is 3.49. The molecule has 0 radical (unpaired) electrons. The van der Waals surface area contributed by atoms with E-state index in [9.17, 15) is 8.42 Å². The molecular formula is C22H26N4O4S2. The van der Waals surface area contributed by atoms with Crippen LogP contribution in [0, 0.1) is 6.92 Å². The Hall–Kier alpha value is -2.56. The van der Waals surface area contributed by atoms with Crippen LogP contribution in [-0.4, -0.2) is 41.4 Å². The van der Waals surface area contributed by atoms with Crippen molar-refractivity contribution in [1.29, 1.82) is 0 Å². The molecule has 0 spiro atoms. The summed E-state index contributed by atoms with van der Waals surface area (Å²) in [5.74, 6) is 2.36. The van der Waals surface area contributed by atoms with Gasteiger partial charge in [0, 0.05) is 26.4 Å². The maximum absolute atomic E-state index is 12.5. The number of nitrogens with zero attached hydrogens (tertiary/aromatic N) is 4. The molecule has 8 nitrogen and oxygen atoms in total. The highest BCUT2D eigenvalue weighted by Crippen LogP contribution is 2.31. The zero-order valence-corrected chi connectivity index (χ0v) is 20.2. The van der Waals surface area contributed by atoms with Crippen molar-refractivity contribution in [3.63, 3.8) is 0 Å². The summed E-state index contributed by atoms with van der Waals surface area (Å²) in [6.45, 7) is 4.83. The number of benzene rings is 1. The summed E-state index contributed by atoms with van der Waals surface area (Å²) in [4.78, 5) is 9.58. The predicted octanol–water partition coefficient (Wildman–Crippen LogP) is 4.94. The fourth-order valence-corrected chi connectivity index (χ4v) is 5.27. The summed E-state index contributed by atoms with van der Waals surface area (Å²) in [5, 5.41) is 0.829. The van der Waals surface area contributed by atoms with E-state index in [1.165, 1.54) is 18.4 Å². The predicted molar refractivity (Wildman–Crippen MR) is 124 cm³/mol. The number of fused-ring (bicyclic) bond motifs is 1. The number of imidazole rings is 1. The van der Waals surface area contributed by atoms with Crippen molar-refractivity contribution in [3.05, 3.63) is 48.0 Å². The van der Waals surface area contributed by atoms with E-state index in [1.807, 2.05) is 19.1 Å². The normalized spacial score (nSPS) is 12.3. The van der Waals surface area contributed by atoms with Crippen LogP contribution in [0.5, 0.6) is 0 Å². The Balaban J connectivity index is 1.65. The number of thioether (sulfide) groups is 1. The maximum Gasteiger partial charge on any atom is 0.263 e. The Morgan fingerprint density at radius 1 is 1.19 bits per heavy atom. The molecule has 0 saturated carbocycles. The molecule has 0 aliphatic carbocycles. The van der Waals surface area contributed by atoms with Gasteiger partial charge in [-0.3, -0.25) is 0 Å². The molecule has 0 aliphatic heterocycles. The van der Waals surface area contributed by atoms with Crippen LogP contribution in [-0.2, 0) is 22.3 Å². The fourth-order valence-electron chi connectivity index (χ4n) is 3.30. The van der Waals surface area contributed by atoms with Gasteiger partial charge >= 0.3 is 0 Å². The van der Waals surface area contributed by atoms with Gasteiger partial charge in [-0.1, -0.05) is 25.1 Å². The van der Waals surface area contributed by atoms with E-state index in [-0.39, 0.29) is 4.90 Å². The largest absolute Gasteiger partial charge is 0.459 e. The highest BCUT2D eigenvalue weighted by molar-refractivity contribution is 7.98.